The number of nitrogens with one attached hydrogen (secondary N) is 2. The first-order chi connectivity index (χ1) is 21.0. The Bertz CT molecular complexity index is 1510. The molecule has 2 N–H and O–H groups in total. The quantitative estimate of drug-likeness (QED) is 0.115. The van der Waals surface area contributed by atoms with Gasteiger partial charge in [-0.3, -0.25) is 9.59 Å². The van der Waals surface area contributed by atoms with E-state index >= 15 is 0 Å². The molecule has 6 nitrogen and oxygen atoms in total. The Morgan fingerprint density at radius 1 is 0.907 bits per heavy atom. The highest BCUT2D eigenvalue weighted by Crippen LogP contribution is 2.45. The zero-order valence-corrected chi connectivity index (χ0v) is 25.2. The minimum atomic E-state index is -0.579. The van der Waals surface area contributed by atoms with E-state index in [4.69, 9.17) is 0 Å². The number of hydrogen-bond donors (Lipinski definition) is 2. The second-order valence-corrected chi connectivity index (χ2v) is 11.9. The topological polar surface area (TPSA) is 82.3 Å². The molecule has 1 saturated carbocycles. The number of amides is 2. The van der Waals surface area contributed by atoms with Gasteiger partial charge in [0.15, 0.2) is 0 Å². The van der Waals surface area contributed by atoms with Gasteiger partial charge in [0.2, 0.25) is 12.3 Å². The third-order valence-electron chi connectivity index (χ3n) is 9.04. The van der Waals surface area contributed by atoms with Gasteiger partial charge in [-0.05, 0) is 61.8 Å². The van der Waals surface area contributed by atoms with Crippen molar-refractivity contribution in [3.63, 3.8) is 0 Å². The lowest BCUT2D eigenvalue weighted by Crippen LogP contribution is -2.55. The molecule has 1 aliphatic rings. The first-order valence-corrected chi connectivity index (χ1v) is 15.7. The number of ketones is 1. The first-order valence-electron chi connectivity index (χ1n) is 15.7. The number of unbranched alkanes of at least 4 members (excludes halogenated alkanes) is 2. The summed E-state index contributed by atoms with van der Waals surface area (Å²) in [6.45, 7) is 2.08. The molecule has 0 aliphatic heterocycles. The molecule has 224 valence electrons. The number of para-hydroxylation sites is 1. The second-order valence-electron chi connectivity index (χ2n) is 11.9. The van der Waals surface area contributed by atoms with E-state index in [0.29, 0.717) is 25.8 Å². The number of aromatic amines is 1. The van der Waals surface area contributed by atoms with Gasteiger partial charge in [-0.15, -0.1) is 0 Å². The smallest absolute Gasteiger partial charge is 0.242 e. The number of Topliss-reactive ketones (excluding diaryl/α,β-unsaturated/α-hetero) is 1. The molecule has 43 heavy (non-hydrogen) atoms. The van der Waals surface area contributed by atoms with Crippen molar-refractivity contribution >= 4 is 29.0 Å². The molecule has 6 heteroatoms. The third-order valence-corrected chi connectivity index (χ3v) is 9.04. The highest BCUT2D eigenvalue weighted by molar-refractivity contribution is 5.91. The van der Waals surface area contributed by atoms with Crippen LogP contribution in [0.1, 0.15) is 75.8 Å². The van der Waals surface area contributed by atoms with E-state index in [1.807, 2.05) is 53.4 Å². The van der Waals surface area contributed by atoms with Crippen molar-refractivity contribution < 1.29 is 14.4 Å². The van der Waals surface area contributed by atoms with Crippen molar-refractivity contribution in [3.8, 4) is 11.3 Å². The van der Waals surface area contributed by atoms with Gasteiger partial charge in [-0.2, -0.15) is 0 Å². The molecule has 0 bridgehead atoms. The number of benzene rings is 3. The zero-order chi connectivity index (χ0) is 30.1. The molecule has 3 aromatic carbocycles. The summed E-state index contributed by atoms with van der Waals surface area (Å²) in [7, 11) is 0. The van der Waals surface area contributed by atoms with Gasteiger partial charge < -0.3 is 20.0 Å². The summed E-state index contributed by atoms with van der Waals surface area (Å²) in [6.07, 6.45) is 8.86. The Balaban J connectivity index is 1.37. The van der Waals surface area contributed by atoms with Crippen LogP contribution in [0.2, 0.25) is 0 Å². The number of carbonyl (C=O) groups is 3. The Morgan fingerprint density at radius 3 is 2.28 bits per heavy atom. The van der Waals surface area contributed by atoms with Crippen LogP contribution in [0, 0.1) is 0 Å². The van der Waals surface area contributed by atoms with Crippen LogP contribution in [0.25, 0.3) is 22.2 Å². The van der Waals surface area contributed by atoms with Gasteiger partial charge in [0.1, 0.15) is 11.8 Å². The summed E-state index contributed by atoms with van der Waals surface area (Å²) in [5.41, 5.74) is 5.04. The highest BCUT2D eigenvalue weighted by atomic mass is 16.2. The van der Waals surface area contributed by atoms with Crippen LogP contribution in [0.4, 0.5) is 0 Å². The lowest BCUT2D eigenvalue weighted by Gasteiger charge is -2.43. The van der Waals surface area contributed by atoms with Crippen LogP contribution < -0.4 is 5.32 Å². The maximum atomic E-state index is 14.0. The van der Waals surface area contributed by atoms with Gasteiger partial charge in [0.25, 0.3) is 0 Å². The summed E-state index contributed by atoms with van der Waals surface area (Å²) in [4.78, 5) is 43.8. The van der Waals surface area contributed by atoms with Gasteiger partial charge in [0, 0.05) is 29.6 Å². The summed E-state index contributed by atoms with van der Waals surface area (Å²) in [5, 5.41) is 4.38. The van der Waals surface area contributed by atoms with E-state index in [1.165, 1.54) is 5.56 Å². The standard InChI is InChI=1S/C37H43N3O3/c1-28(42)15-5-2-10-22-34(40(27-41)37(24-13-14-25-37)30-18-8-4-9-19-30)36(43)38-26-23-32-31-20-11-12-21-33(31)39-35(32)29-16-6-3-7-17-29/h3-4,6-9,11-12,16-21,27,34,39H,2,5,10,13-15,22-26H2,1H3,(H,38,43)/t34-/m0/s1. The summed E-state index contributed by atoms with van der Waals surface area (Å²) >= 11 is 0. The van der Waals surface area contributed by atoms with Crippen molar-refractivity contribution in [2.75, 3.05) is 6.54 Å². The van der Waals surface area contributed by atoms with E-state index in [1.54, 1.807) is 6.92 Å². The summed E-state index contributed by atoms with van der Waals surface area (Å²) in [5.74, 6) is 0.0759. The van der Waals surface area contributed by atoms with Gasteiger partial charge in [0.05, 0.1) is 5.54 Å². The van der Waals surface area contributed by atoms with Crippen molar-refractivity contribution in [3.05, 3.63) is 96.1 Å². The molecule has 1 fully saturated rings. The molecule has 0 saturated heterocycles. The van der Waals surface area contributed by atoms with Crippen molar-refractivity contribution in [1.29, 1.82) is 0 Å². The fourth-order valence-electron chi connectivity index (χ4n) is 6.90. The normalized spacial score (nSPS) is 14.8. The Kier molecular flexibility index (Phi) is 10.1. The molecule has 4 aromatic rings. The van der Waals surface area contributed by atoms with Crippen LogP contribution >= 0.6 is 0 Å². The molecule has 0 unspecified atom stereocenters. The van der Waals surface area contributed by atoms with Crippen LogP contribution in [0.15, 0.2) is 84.9 Å². The van der Waals surface area contributed by atoms with Crippen LogP contribution in [-0.4, -0.2) is 40.6 Å². The van der Waals surface area contributed by atoms with Gasteiger partial charge >= 0.3 is 0 Å². The average Bonchev–Trinajstić information content (AvgIpc) is 3.67. The van der Waals surface area contributed by atoms with Crippen molar-refractivity contribution in [2.45, 2.75) is 82.7 Å². The molecular formula is C37H43N3O3. The molecule has 1 heterocycles. The minimum absolute atomic E-state index is 0.109. The maximum Gasteiger partial charge on any atom is 0.242 e. The lowest BCUT2D eigenvalue weighted by atomic mass is 9.84. The lowest BCUT2D eigenvalue weighted by molar-refractivity contribution is -0.140. The largest absolute Gasteiger partial charge is 0.354 e. The van der Waals surface area contributed by atoms with E-state index in [0.717, 1.165) is 79.1 Å². The van der Waals surface area contributed by atoms with E-state index < -0.39 is 11.6 Å². The molecule has 1 aromatic heterocycles. The fourth-order valence-corrected chi connectivity index (χ4v) is 6.90. The molecule has 0 radical (unpaired) electrons. The van der Waals surface area contributed by atoms with Gasteiger partial charge in [-0.25, -0.2) is 0 Å². The Hall–Kier alpha value is -4.19. The number of fused-ring (bicyclic) bond motifs is 1. The van der Waals surface area contributed by atoms with Crippen LogP contribution in [-0.2, 0) is 26.3 Å². The van der Waals surface area contributed by atoms with Crippen molar-refractivity contribution in [1.82, 2.24) is 15.2 Å². The van der Waals surface area contributed by atoms with Crippen LogP contribution in [0.5, 0.6) is 0 Å². The number of H-pyrrole nitrogens is 1. The number of carbonyl (C=O) groups excluding carboxylic acids is 3. The van der Waals surface area contributed by atoms with Crippen molar-refractivity contribution in [2.24, 2.45) is 0 Å². The predicted molar refractivity (Wildman–Crippen MR) is 172 cm³/mol. The minimum Gasteiger partial charge on any atom is -0.354 e. The molecular weight excluding hydrogens is 534 g/mol. The maximum absolute atomic E-state index is 14.0. The average molecular weight is 578 g/mol. The van der Waals surface area contributed by atoms with E-state index in [9.17, 15) is 14.4 Å². The molecule has 1 atom stereocenters. The van der Waals surface area contributed by atoms with Gasteiger partial charge in [-0.1, -0.05) is 105 Å². The number of aromatic nitrogens is 1. The summed E-state index contributed by atoms with van der Waals surface area (Å²) in [6, 6.07) is 28.2. The Labute approximate surface area is 254 Å². The second kappa shape index (κ2) is 14.3. The summed E-state index contributed by atoms with van der Waals surface area (Å²) < 4.78 is 0. The monoisotopic (exact) mass is 577 g/mol. The van der Waals surface area contributed by atoms with E-state index in [-0.39, 0.29) is 11.7 Å². The third kappa shape index (κ3) is 6.90. The zero-order valence-electron chi connectivity index (χ0n) is 25.2. The number of nitrogens with zero attached hydrogens (tertiary/aromatic N) is 1. The number of hydrogen-bond acceptors (Lipinski definition) is 3. The SMILES string of the molecule is CC(=O)CCCCC[C@@H](C(=O)NCCc1c(-c2ccccc2)[nH]c2ccccc12)N(C=O)C1(c2ccccc2)CCCC1. The predicted octanol–water partition coefficient (Wildman–Crippen LogP) is 7.33. The van der Waals surface area contributed by atoms with Crippen LogP contribution in [0.3, 0.4) is 0 Å². The first kappa shape index (κ1) is 30.3. The molecule has 0 spiro atoms. The highest BCUT2D eigenvalue weighted by Gasteiger charge is 2.45. The molecule has 1 aliphatic carbocycles. The molecule has 5 rings (SSSR count). The molecule has 2 amide bonds. The Morgan fingerprint density at radius 2 is 1.58 bits per heavy atom. The number of rotatable bonds is 15. The van der Waals surface area contributed by atoms with E-state index in [2.05, 4.69) is 46.7 Å². The fraction of sp³-hybridized carbons (Fsp3) is 0.378.